The molecule has 0 aromatic rings. The van der Waals surface area contributed by atoms with E-state index in [1.54, 1.807) is 0 Å². The first-order valence-corrected chi connectivity index (χ1v) is 8.86. The highest BCUT2D eigenvalue weighted by Crippen LogP contribution is 2.63. The van der Waals surface area contributed by atoms with Gasteiger partial charge in [-0.2, -0.15) is 0 Å². The van der Waals surface area contributed by atoms with Crippen molar-refractivity contribution >= 4 is 0 Å². The van der Waals surface area contributed by atoms with Gasteiger partial charge in [-0.15, -0.1) is 0 Å². The van der Waals surface area contributed by atoms with E-state index in [4.69, 9.17) is 0 Å². The molecule has 0 aromatic heterocycles. The van der Waals surface area contributed by atoms with E-state index in [-0.39, 0.29) is 17.4 Å². The van der Waals surface area contributed by atoms with Crippen LogP contribution in [0, 0.1) is 22.7 Å². The summed E-state index contributed by atoms with van der Waals surface area (Å²) in [6.45, 7) is 12.8. The number of rotatable bonds is 4. The van der Waals surface area contributed by atoms with Gasteiger partial charge in [0.25, 0.3) is 0 Å². The molecule has 2 fully saturated rings. The van der Waals surface area contributed by atoms with Gasteiger partial charge in [0.05, 0.1) is 5.60 Å². The van der Waals surface area contributed by atoms with Crippen molar-refractivity contribution in [3.63, 3.8) is 0 Å². The van der Waals surface area contributed by atoms with Crippen LogP contribution in [0.25, 0.3) is 0 Å². The van der Waals surface area contributed by atoms with Gasteiger partial charge in [-0.1, -0.05) is 51.5 Å². The number of hydrogen-bond donors (Lipinski definition) is 2. The van der Waals surface area contributed by atoms with Crippen LogP contribution in [0.5, 0.6) is 0 Å². The minimum Gasteiger partial charge on any atom is -0.396 e. The van der Waals surface area contributed by atoms with Gasteiger partial charge in [0.15, 0.2) is 0 Å². The second-order valence-electron chi connectivity index (χ2n) is 8.39. The molecule has 0 radical (unpaired) electrons. The third-order valence-electron chi connectivity index (χ3n) is 7.17. The normalized spacial score (nSPS) is 46.2. The quantitative estimate of drug-likeness (QED) is 0.752. The molecule has 0 spiro atoms. The second-order valence-corrected chi connectivity index (χ2v) is 8.39. The molecular formula is C20H34O2. The van der Waals surface area contributed by atoms with Crippen LogP contribution in [0.1, 0.15) is 66.2 Å². The third kappa shape index (κ3) is 2.59. The van der Waals surface area contributed by atoms with Gasteiger partial charge in [0, 0.05) is 12.0 Å². The molecule has 0 bridgehead atoms. The fraction of sp³-hybridized carbons (Fsp3) is 0.800. The average molecular weight is 306 g/mol. The molecule has 2 nitrogen and oxygen atoms in total. The summed E-state index contributed by atoms with van der Waals surface area (Å²) in [5.41, 5.74) is 0.292. The highest BCUT2D eigenvalue weighted by atomic mass is 16.3. The van der Waals surface area contributed by atoms with Crippen molar-refractivity contribution < 1.29 is 10.2 Å². The molecule has 2 heteroatoms. The van der Waals surface area contributed by atoms with E-state index >= 15 is 0 Å². The van der Waals surface area contributed by atoms with E-state index in [9.17, 15) is 10.2 Å². The van der Waals surface area contributed by atoms with E-state index < -0.39 is 5.60 Å². The van der Waals surface area contributed by atoms with Gasteiger partial charge < -0.3 is 10.2 Å². The first-order chi connectivity index (χ1) is 10.2. The van der Waals surface area contributed by atoms with E-state index in [1.807, 2.05) is 13.0 Å². The van der Waals surface area contributed by atoms with Gasteiger partial charge in [-0.05, 0) is 56.3 Å². The van der Waals surface area contributed by atoms with Gasteiger partial charge >= 0.3 is 0 Å². The summed E-state index contributed by atoms with van der Waals surface area (Å²) in [5.74, 6) is 0.695. The molecule has 2 aliphatic carbocycles. The number of hydrogen-bond acceptors (Lipinski definition) is 2. The zero-order valence-electron chi connectivity index (χ0n) is 14.9. The lowest BCUT2D eigenvalue weighted by Crippen LogP contribution is -2.63. The monoisotopic (exact) mass is 306 g/mol. The number of aliphatic hydroxyl groups excluding tert-OH is 1. The molecule has 0 aliphatic heterocycles. The van der Waals surface area contributed by atoms with Crippen LogP contribution < -0.4 is 0 Å². The third-order valence-corrected chi connectivity index (χ3v) is 7.17. The van der Waals surface area contributed by atoms with E-state index in [2.05, 4.69) is 33.4 Å². The van der Waals surface area contributed by atoms with E-state index in [0.717, 1.165) is 37.7 Å². The Morgan fingerprint density at radius 3 is 2.55 bits per heavy atom. The smallest absolute Gasteiger partial charge is 0.0763 e. The molecule has 2 rings (SSSR count). The predicted octanol–water partition coefficient (Wildman–Crippen LogP) is 4.47. The fourth-order valence-corrected chi connectivity index (χ4v) is 5.40. The summed E-state index contributed by atoms with van der Waals surface area (Å²) < 4.78 is 0. The Balaban J connectivity index is 2.41. The Bertz CT molecular complexity index is 455. The lowest BCUT2D eigenvalue weighted by molar-refractivity contribution is -0.215. The molecule has 0 heterocycles. The molecular weight excluding hydrogens is 272 g/mol. The predicted molar refractivity (Wildman–Crippen MR) is 92.6 cm³/mol. The Morgan fingerprint density at radius 1 is 1.27 bits per heavy atom. The van der Waals surface area contributed by atoms with Crippen molar-refractivity contribution in [2.75, 3.05) is 6.61 Å². The number of fused-ring (bicyclic) bond motifs is 1. The maximum Gasteiger partial charge on any atom is 0.0763 e. The summed E-state index contributed by atoms with van der Waals surface area (Å²) in [6, 6.07) is 0. The molecule has 5 atom stereocenters. The molecule has 2 saturated carbocycles. The molecule has 0 saturated heterocycles. The fourth-order valence-electron chi connectivity index (χ4n) is 5.40. The van der Waals surface area contributed by atoms with Crippen molar-refractivity contribution in [1.82, 2.24) is 0 Å². The number of aliphatic hydroxyl groups is 2. The average Bonchev–Trinajstić information content (AvgIpc) is 2.50. The Morgan fingerprint density at radius 2 is 1.95 bits per heavy atom. The van der Waals surface area contributed by atoms with Crippen molar-refractivity contribution in [2.45, 2.75) is 71.8 Å². The molecule has 126 valence electrons. The summed E-state index contributed by atoms with van der Waals surface area (Å²) in [5, 5.41) is 21.7. The van der Waals surface area contributed by atoms with E-state index in [0.29, 0.717) is 18.3 Å². The largest absolute Gasteiger partial charge is 0.396 e. The van der Waals surface area contributed by atoms with Crippen LogP contribution in [-0.2, 0) is 0 Å². The van der Waals surface area contributed by atoms with Crippen molar-refractivity contribution in [3.8, 4) is 0 Å². The minimum atomic E-state index is -0.683. The van der Waals surface area contributed by atoms with Crippen LogP contribution in [-0.4, -0.2) is 22.4 Å². The molecule has 2 N–H and O–H groups in total. The number of allylic oxidation sites excluding steroid dienone is 2. The molecule has 2 aliphatic rings. The maximum atomic E-state index is 11.7. The SMILES string of the molecule is C=C/C(C)=C/C[C@@]1(O)[C@@H](C)CC[C@H]2C(C)(CO)CCC[C@@]21C. The highest BCUT2D eigenvalue weighted by Gasteiger charge is 2.61. The first kappa shape index (κ1) is 17.7. The summed E-state index contributed by atoms with van der Waals surface area (Å²) in [4.78, 5) is 0. The van der Waals surface area contributed by atoms with E-state index in [1.165, 1.54) is 0 Å². The summed E-state index contributed by atoms with van der Waals surface area (Å²) in [7, 11) is 0. The van der Waals surface area contributed by atoms with Crippen LogP contribution in [0.2, 0.25) is 0 Å². The van der Waals surface area contributed by atoms with Crippen molar-refractivity contribution in [2.24, 2.45) is 22.7 Å². The lowest BCUT2D eigenvalue weighted by atomic mass is 9.44. The molecule has 0 aromatic carbocycles. The Kier molecular flexibility index (Phi) is 4.94. The second kappa shape index (κ2) is 6.13. The van der Waals surface area contributed by atoms with Crippen LogP contribution in [0.3, 0.4) is 0 Å². The zero-order chi connectivity index (χ0) is 16.6. The van der Waals surface area contributed by atoms with Crippen LogP contribution >= 0.6 is 0 Å². The lowest BCUT2D eigenvalue weighted by Gasteiger charge is -2.63. The molecule has 0 amide bonds. The van der Waals surface area contributed by atoms with Gasteiger partial charge in [-0.25, -0.2) is 0 Å². The standard InChI is InChI=1S/C20H34O2/c1-6-15(2)10-13-20(22)16(3)8-9-17-18(4,14-21)11-7-12-19(17,20)5/h6,10,16-17,21-22H,1,7-9,11-14H2,2-5H3/b15-10+/t16-,17-,18?,19-,20+/m0/s1. The van der Waals surface area contributed by atoms with Gasteiger partial charge in [-0.3, -0.25) is 0 Å². The maximum absolute atomic E-state index is 11.7. The van der Waals surface area contributed by atoms with Gasteiger partial charge in [0.2, 0.25) is 0 Å². The van der Waals surface area contributed by atoms with Crippen LogP contribution in [0.4, 0.5) is 0 Å². The summed E-state index contributed by atoms with van der Waals surface area (Å²) >= 11 is 0. The highest BCUT2D eigenvalue weighted by molar-refractivity contribution is 5.18. The zero-order valence-corrected chi connectivity index (χ0v) is 14.9. The van der Waals surface area contributed by atoms with Crippen molar-refractivity contribution in [1.29, 1.82) is 0 Å². The van der Waals surface area contributed by atoms with Gasteiger partial charge in [0.1, 0.15) is 0 Å². The van der Waals surface area contributed by atoms with Crippen molar-refractivity contribution in [3.05, 3.63) is 24.3 Å². The Labute approximate surface area is 136 Å². The first-order valence-electron chi connectivity index (χ1n) is 8.86. The topological polar surface area (TPSA) is 40.5 Å². The summed E-state index contributed by atoms with van der Waals surface area (Å²) in [6.07, 6.45) is 10.1. The minimum absolute atomic E-state index is 0.0433. The van der Waals surface area contributed by atoms with Crippen LogP contribution in [0.15, 0.2) is 24.3 Å². The molecule has 22 heavy (non-hydrogen) atoms. The molecule has 1 unspecified atom stereocenters. The Hall–Kier alpha value is -0.600.